The number of nitrogens with one attached hydrogen (secondary N) is 1. The maximum atomic E-state index is 12.1. The van der Waals surface area contributed by atoms with Crippen molar-refractivity contribution in [3.8, 4) is 0 Å². The van der Waals surface area contributed by atoms with E-state index in [0.29, 0.717) is 0 Å². The average Bonchev–Trinajstić information content (AvgIpc) is 2.98. The van der Waals surface area contributed by atoms with Crippen LogP contribution in [-0.2, 0) is 4.79 Å². The van der Waals surface area contributed by atoms with E-state index < -0.39 is 6.04 Å². The highest BCUT2D eigenvalue weighted by Gasteiger charge is 2.20. The second-order valence-electron chi connectivity index (χ2n) is 4.23. The van der Waals surface area contributed by atoms with Gasteiger partial charge in [0, 0.05) is 11.6 Å². The number of hydrogen-bond acceptors (Lipinski definition) is 4. The third-order valence-electron chi connectivity index (χ3n) is 2.92. The Balaban J connectivity index is 0.00000200. The molecule has 1 heterocycles. The van der Waals surface area contributed by atoms with Crippen molar-refractivity contribution in [1.29, 1.82) is 0 Å². The Morgan fingerprint density at radius 3 is 2.52 bits per heavy atom. The van der Waals surface area contributed by atoms with Crippen molar-refractivity contribution in [2.24, 2.45) is 5.73 Å². The van der Waals surface area contributed by atoms with E-state index in [9.17, 15) is 4.79 Å². The Morgan fingerprint density at radius 2 is 2.00 bits per heavy atom. The van der Waals surface area contributed by atoms with Crippen molar-refractivity contribution in [3.63, 3.8) is 0 Å². The molecule has 0 fully saturated rings. The number of nitrogens with zero attached hydrogens (tertiary/aromatic N) is 1. The lowest BCUT2D eigenvalue weighted by molar-refractivity contribution is -0.123. The largest absolute Gasteiger partial charge is 0.345 e. The molecule has 0 saturated carbocycles. The SMILES string of the molecule is CCC(NC(=O)C(N)c1ccccc1)c1nccs1.Cl.Cl. The molecule has 1 amide bonds. The molecule has 2 atom stereocenters. The van der Waals surface area contributed by atoms with E-state index in [1.807, 2.05) is 42.6 Å². The van der Waals surface area contributed by atoms with Gasteiger partial charge in [-0.05, 0) is 12.0 Å². The Kier molecular flexibility index (Phi) is 9.21. The van der Waals surface area contributed by atoms with Crippen LogP contribution < -0.4 is 11.1 Å². The molecule has 0 radical (unpaired) electrons. The molecule has 0 aliphatic heterocycles. The second kappa shape index (κ2) is 9.73. The van der Waals surface area contributed by atoms with Crippen molar-refractivity contribution >= 4 is 42.1 Å². The Labute approximate surface area is 141 Å². The minimum Gasteiger partial charge on any atom is -0.345 e. The minimum absolute atomic E-state index is 0. The van der Waals surface area contributed by atoms with Crippen LogP contribution in [0.15, 0.2) is 41.9 Å². The van der Waals surface area contributed by atoms with Crippen molar-refractivity contribution in [3.05, 3.63) is 52.5 Å². The Bertz CT molecular complexity index is 522. The van der Waals surface area contributed by atoms with Crippen molar-refractivity contribution < 1.29 is 4.79 Å². The lowest BCUT2D eigenvalue weighted by Crippen LogP contribution is -2.36. The van der Waals surface area contributed by atoms with Gasteiger partial charge in [0.2, 0.25) is 5.91 Å². The average molecular weight is 348 g/mol. The molecule has 2 rings (SSSR count). The maximum Gasteiger partial charge on any atom is 0.242 e. The van der Waals surface area contributed by atoms with E-state index in [2.05, 4.69) is 10.3 Å². The quantitative estimate of drug-likeness (QED) is 0.872. The monoisotopic (exact) mass is 347 g/mol. The molecule has 4 nitrogen and oxygen atoms in total. The van der Waals surface area contributed by atoms with Crippen LogP contribution in [0, 0.1) is 0 Å². The normalized spacial score (nSPS) is 12.5. The van der Waals surface area contributed by atoms with Gasteiger partial charge in [0.15, 0.2) is 0 Å². The fourth-order valence-corrected chi connectivity index (χ4v) is 2.59. The molecule has 0 saturated heterocycles. The molecule has 0 bridgehead atoms. The van der Waals surface area contributed by atoms with Crippen molar-refractivity contribution in [2.45, 2.75) is 25.4 Å². The fraction of sp³-hybridized carbons (Fsp3) is 0.286. The number of aromatic nitrogens is 1. The lowest BCUT2D eigenvalue weighted by Gasteiger charge is -2.18. The van der Waals surface area contributed by atoms with Gasteiger partial charge in [-0.25, -0.2) is 4.98 Å². The molecule has 0 spiro atoms. The van der Waals surface area contributed by atoms with Crippen LogP contribution in [-0.4, -0.2) is 10.9 Å². The minimum atomic E-state index is -0.643. The van der Waals surface area contributed by atoms with Gasteiger partial charge in [-0.2, -0.15) is 0 Å². The van der Waals surface area contributed by atoms with E-state index in [1.54, 1.807) is 6.20 Å². The van der Waals surface area contributed by atoms with Crippen LogP contribution in [0.3, 0.4) is 0 Å². The molecular weight excluding hydrogens is 329 g/mol. The third kappa shape index (κ3) is 5.28. The summed E-state index contributed by atoms with van der Waals surface area (Å²) in [5.41, 5.74) is 6.78. The maximum absolute atomic E-state index is 12.1. The van der Waals surface area contributed by atoms with Gasteiger partial charge in [-0.1, -0.05) is 37.3 Å². The number of thiazole rings is 1. The smallest absolute Gasteiger partial charge is 0.242 e. The highest BCUT2D eigenvalue weighted by molar-refractivity contribution is 7.09. The fourth-order valence-electron chi connectivity index (χ4n) is 1.82. The summed E-state index contributed by atoms with van der Waals surface area (Å²) >= 11 is 1.54. The predicted molar refractivity (Wildman–Crippen MR) is 91.2 cm³/mol. The van der Waals surface area contributed by atoms with E-state index in [1.165, 1.54) is 11.3 Å². The van der Waals surface area contributed by atoms with E-state index in [-0.39, 0.29) is 36.8 Å². The highest BCUT2D eigenvalue weighted by atomic mass is 35.5. The number of hydrogen-bond donors (Lipinski definition) is 2. The highest BCUT2D eigenvalue weighted by Crippen LogP contribution is 2.20. The lowest BCUT2D eigenvalue weighted by atomic mass is 10.1. The molecule has 7 heteroatoms. The number of carbonyl (C=O) groups excluding carboxylic acids is 1. The molecule has 1 aromatic carbocycles. The summed E-state index contributed by atoms with van der Waals surface area (Å²) < 4.78 is 0. The van der Waals surface area contributed by atoms with Crippen LogP contribution >= 0.6 is 36.2 Å². The predicted octanol–water partition coefficient (Wildman–Crippen LogP) is 3.25. The van der Waals surface area contributed by atoms with Gasteiger partial charge in [0.25, 0.3) is 0 Å². The molecule has 2 unspecified atom stereocenters. The molecule has 21 heavy (non-hydrogen) atoms. The molecule has 1 aromatic heterocycles. The van der Waals surface area contributed by atoms with E-state index in [4.69, 9.17) is 5.73 Å². The molecule has 0 aliphatic carbocycles. The number of nitrogens with two attached hydrogens (primary N) is 1. The zero-order valence-electron chi connectivity index (χ0n) is 11.6. The summed E-state index contributed by atoms with van der Waals surface area (Å²) in [6.45, 7) is 2.01. The van der Waals surface area contributed by atoms with Crippen LogP contribution in [0.4, 0.5) is 0 Å². The van der Waals surface area contributed by atoms with Crippen LogP contribution in [0.5, 0.6) is 0 Å². The molecular formula is C14H19Cl2N3OS. The Hall–Kier alpha value is -1.14. The summed E-state index contributed by atoms with van der Waals surface area (Å²) in [4.78, 5) is 16.4. The van der Waals surface area contributed by atoms with Gasteiger partial charge in [0.1, 0.15) is 11.0 Å². The van der Waals surface area contributed by atoms with Crippen LogP contribution in [0.2, 0.25) is 0 Å². The summed E-state index contributed by atoms with van der Waals surface area (Å²) in [5, 5.41) is 5.77. The van der Waals surface area contributed by atoms with Gasteiger partial charge in [0.05, 0.1) is 6.04 Å². The number of rotatable bonds is 5. The van der Waals surface area contributed by atoms with E-state index >= 15 is 0 Å². The summed E-state index contributed by atoms with van der Waals surface area (Å²) in [6, 6.07) is 8.65. The third-order valence-corrected chi connectivity index (χ3v) is 3.80. The first-order valence-electron chi connectivity index (χ1n) is 6.22. The number of halogens is 2. The van der Waals surface area contributed by atoms with Gasteiger partial charge in [-0.15, -0.1) is 36.2 Å². The van der Waals surface area contributed by atoms with Gasteiger partial charge in [-0.3, -0.25) is 4.79 Å². The standard InChI is InChI=1S/C14H17N3OS.2ClH/c1-2-11(14-16-8-9-19-14)17-13(18)12(15)10-6-4-3-5-7-10;;/h3-9,11-12H,2,15H2,1H3,(H,17,18);2*1H. The topological polar surface area (TPSA) is 68.0 Å². The number of benzene rings is 1. The van der Waals surface area contributed by atoms with E-state index in [0.717, 1.165) is 17.0 Å². The molecule has 116 valence electrons. The number of carbonyl (C=O) groups is 1. The first kappa shape index (κ1) is 19.9. The van der Waals surface area contributed by atoms with Crippen LogP contribution in [0.1, 0.15) is 36.0 Å². The molecule has 2 aromatic rings. The summed E-state index contributed by atoms with van der Waals surface area (Å²) in [5.74, 6) is -0.173. The Morgan fingerprint density at radius 1 is 1.33 bits per heavy atom. The first-order chi connectivity index (χ1) is 9.22. The zero-order valence-corrected chi connectivity index (χ0v) is 14.0. The molecule has 0 aliphatic rings. The summed E-state index contributed by atoms with van der Waals surface area (Å²) in [6.07, 6.45) is 2.53. The first-order valence-corrected chi connectivity index (χ1v) is 7.10. The summed E-state index contributed by atoms with van der Waals surface area (Å²) in [7, 11) is 0. The second-order valence-corrected chi connectivity index (χ2v) is 5.15. The van der Waals surface area contributed by atoms with Crippen molar-refractivity contribution in [2.75, 3.05) is 0 Å². The van der Waals surface area contributed by atoms with Crippen molar-refractivity contribution in [1.82, 2.24) is 10.3 Å². The number of amides is 1. The van der Waals surface area contributed by atoms with Gasteiger partial charge < -0.3 is 11.1 Å². The van der Waals surface area contributed by atoms with Crippen LogP contribution in [0.25, 0.3) is 0 Å². The zero-order chi connectivity index (χ0) is 13.7. The van der Waals surface area contributed by atoms with Gasteiger partial charge >= 0.3 is 0 Å². The molecule has 3 N–H and O–H groups in total.